The zero-order valence-electron chi connectivity index (χ0n) is 20.9. The van der Waals surface area contributed by atoms with Gasteiger partial charge in [-0.25, -0.2) is 5.01 Å². The summed E-state index contributed by atoms with van der Waals surface area (Å²) in [6.07, 6.45) is 1.86. The molecule has 0 aromatic heterocycles. The first kappa shape index (κ1) is 26.0. The number of rotatable bonds is 8. The lowest BCUT2D eigenvalue weighted by atomic mass is 9.96. The summed E-state index contributed by atoms with van der Waals surface area (Å²) < 4.78 is 16.1. The highest BCUT2D eigenvalue weighted by Gasteiger charge is 2.36. The summed E-state index contributed by atoms with van der Waals surface area (Å²) in [7, 11) is 3.20. The van der Waals surface area contributed by atoms with Crippen LogP contribution in [0.3, 0.4) is 0 Å². The van der Waals surface area contributed by atoms with Crippen LogP contribution in [-0.2, 0) is 14.3 Å². The van der Waals surface area contributed by atoms with Gasteiger partial charge >= 0.3 is 5.97 Å². The number of methoxy groups -OCH3 is 2. The standard InChI is InChI=1S/C27H32ClN3O5/c1-4-36-27(33)18-11-13-30(14-12-18)17-26(32)31-24(20-7-5-6-8-22(20)28)16-23(29-31)21-10-9-19(34-2)15-25(21)35-3/h5-10,15,18,24H,4,11-14,16-17H2,1-3H3/t24-/m0/s1. The highest BCUT2D eigenvalue weighted by Crippen LogP contribution is 2.38. The van der Waals surface area contributed by atoms with Crippen LogP contribution in [0.4, 0.5) is 0 Å². The van der Waals surface area contributed by atoms with Gasteiger partial charge in [0.05, 0.1) is 45.0 Å². The quantitative estimate of drug-likeness (QED) is 0.489. The molecule has 4 rings (SSSR count). The molecule has 192 valence electrons. The summed E-state index contributed by atoms with van der Waals surface area (Å²) in [6, 6.07) is 12.8. The molecule has 0 bridgehead atoms. The Balaban J connectivity index is 1.55. The smallest absolute Gasteiger partial charge is 0.309 e. The molecule has 2 aliphatic heterocycles. The lowest BCUT2D eigenvalue weighted by molar-refractivity contribution is -0.149. The predicted molar refractivity (Wildman–Crippen MR) is 138 cm³/mol. The molecule has 1 saturated heterocycles. The predicted octanol–water partition coefficient (Wildman–Crippen LogP) is 4.31. The Kier molecular flexibility index (Phi) is 8.48. The summed E-state index contributed by atoms with van der Waals surface area (Å²) in [5.74, 6) is 0.935. The first-order valence-corrected chi connectivity index (χ1v) is 12.6. The monoisotopic (exact) mass is 513 g/mol. The Morgan fingerprint density at radius 2 is 1.83 bits per heavy atom. The van der Waals surface area contributed by atoms with Gasteiger partial charge in [-0.2, -0.15) is 5.10 Å². The molecule has 0 N–H and O–H groups in total. The van der Waals surface area contributed by atoms with Crippen LogP contribution in [0.2, 0.25) is 5.02 Å². The van der Waals surface area contributed by atoms with Crippen molar-refractivity contribution < 1.29 is 23.8 Å². The van der Waals surface area contributed by atoms with Crippen LogP contribution in [0.25, 0.3) is 0 Å². The van der Waals surface area contributed by atoms with Crippen LogP contribution < -0.4 is 9.47 Å². The summed E-state index contributed by atoms with van der Waals surface area (Å²) in [5, 5.41) is 6.92. The van der Waals surface area contributed by atoms with Crippen molar-refractivity contribution >= 4 is 29.2 Å². The molecule has 0 spiro atoms. The zero-order valence-corrected chi connectivity index (χ0v) is 21.7. The Hall–Kier alpha value is -3.10. The third-order valence-corrected chi connectivity index (χ3v) is 7.06. The number of esters is 1. The fourth-order valence-corrected chi connectivity index (χ4v) is 5.04. The molecular weight excluding hydrogens is 482 g/mol. The lowest BCUT2D eigenvalue weighted by Crippen LogP contribution is -2.43. The van der Waals surface area contributed by atoms with Crippen molar-refractivity contribution in [2.45, 2.75) is 32.2 Å². The van der Waals surface area contributed by atoms with Crippen LogP contribution in [0, 0.1) is 5.92 Å². The van der Waals surface area contributed by atoms with Crippen molar-refractivity contribution in [1.29, 1.82) is 0 Å². The Bertz CT molecular complexity index is 1130. The number of carbonyl (C=O) groups excluding carboxylic acids is 2. The average Bonchev–Trinajstić information content (AvgIpc) is 3.34. The normalized spacial score (nSPS) is 18.6. The van der Waals surface area contributed by atoms with Crippen LogP contribution >= 0.6 is 11.6 Å². The molecule has 1 amide bonds. The minimum Gasteiger partial charge on any atom is -0.497 e. The lowest BCUT2D eigenvalue weighted by Gasteiger charge is -2.32. The van der Waals surface area contributed by atoms with E-state index in [2.05, 4.69) is 4.90 Å². The minimum atomic E-state index is -0.329. The number of likely N-dealkylation sites (tertiary alicyclic amines) is 1. The van der Waals surface area contributed by atoms with Crippen molar-refractivity contribution in [3.05, 3.63) is 58.6 Å². The number of piperidine rings is 1. The van der Waals surface area contributed by atoms with Crippen molar-refractivity contribution in [2.24, 2.45) is 11.0 Å². The van der Waals surface area contributed by atoms with E-state index in [-0.39, 0.29) is 30.4 Å². The van der Waals surface area contributed by atoms with Crippen LogP contribution in [-0.4, -0.2) is 68.0 Å². The van der Waals surface area contributed by atoms with E-state index in [0.717, 1.165) is 16.8 Å². The van der Waals surface area contributed by atoms with E-state index >= 15 is 0 Å². The number of hydrogen-bond donors (Lipinski definition) is 0. The van der Waals surface area contributed by atoms with Crippen LogP contribution in [0.15, 0.2) is 47.6 Å². The summed E-state index contributed by atoms with van der Waals surface area (Å²) in [4.78, 5) is 27.7. The molecule has 8 nitrogen and oxygen atoms in total. The molecule has 1 atom stereocenters. The fraction of sp³-hybridized carbons (Fsp3) is 0.444. The molecule has 2 heterocycles. The summed E-state index contributed by atoms with van der Waals surface area (Å²) in [6.45, 7) is 3.72. The topological polar surface area (TPSA) is 80.7 Å². The second kappa shape index (κ2) is 11.8. The molecule has 2 aromatic rings. The van der Waals surface area contributed by atoms with E-state index in [0.29, 0.717) is 55.5 Å². The molecule has 0 saturated carbocycles. The average molecular weight is 514 g/mol. The maximum absolute atomic E-state index is 13.5. The number of ether oxygens (including phenoxy) is 3. The maximum Gasteiger partial charge on any atom is 0.309 e. The number of hydrogen-bond acceptors (Lipinski definition) is 7. The van der Waals surface area contributed by atoms with Crippen molar-refractivity contribution in [3.63, 3.8) is 0 Å². The molecule has 2 aromatic carbocycles. The molecule has 0 aliphatic carbocycles. The number of amides is 1. The summed E-state index contributed by atoms with van der Waals surface area (Å²) in [5.41, 5.74) is 2.40. The number of nitrogens with zero attached hydrogens (tertiary/aromatic N) is 3. The van der Waals surface area contributed by atoms with Gasteiger partial charge < -0.3 is 14.2 Å². The second-order valence-electron chi connectivity index (χ2n) is 8.90. The third kappa shape index (κ3) is 5.65. The first-order valence-electron chi connectivity index (χ1n) is 12.2. The van der Waals surface area contributed by atoms with Crippen LogP contribution in [0.1, 0.15) is 43.4 Å². The van der Waals surface area contributed by atoms with E-state index in [1.807, 2.05) is 43.3 Å². The molecule has 36 heavy (non-hydrogen) atoms. The zero-order chi connectivity index (χ0) is 25.7. The highest BCUT2D eigenvalue weighted by molar-refractivity contribution is 6.31. The molecular formula is C27H32ClN3O5. The molecule has 2 aliphatic rings. The molecule has 9 heteroatoms. The van der Waals surface area contributed by atoms with Gasteiger partial charge in [0.25, 0.3) is 5.91 Å². The number of halogens is 1. The van der Waals surface area contributed by atoms with Gasteiger partial charge in [-0.1, -0.05) is 29.8 Å². The SMILES string of the molecule is CCOC(=O)C1CCN(CC(=O)N2N=C(c3ccc(OC)cc3OC)C[C@H]2c2ccccc2Cl)CC1. The van der Waals surface area contributed by atoms with Crippen molar-refractivity contribution in [3.8, 4) is 11.5 Å². The van der Waals surface area contributed by atoms with Gasteiger partial charge in [-0.05, 0) is 56.6 Å². The van der Waals surface area contributed by atoms with E-state index in [1.165, 1.54) is 0 Å². The fourth-order valence-electron chi connectivity index (χ4n) is 4.78. The van der Waals surface area contributed by atoms with Crippen molar-refractivity contribution in [1.82, 2.24) is 9.91 Å². The van der Waals surface area contributed by atoms with Crippen molar-refractivity contribution in [2.75, 3.05) is 40.5 Å². The molecule has 0 radical (unpaired) electrons. The van der Waals surface area contributed by atoms with Gasteiger partial charge in [-0.3, -0.25) is 14.5 Å². The highest BCUT2D eigenvalue weighted by atomic mass is 35.5. The number of hydrazone groups is 1. The minimum absolute atomic E-state index is 0.105. The first-order chi connectivity index (χ1) is 17.4. The second-order valence-corrected chi connectivity index (χ2v) is 9.30. The molecule has 0 unspecified atom stereocenters. The largest absolute Gasteiger partial charge is 0.497 e. The van der Waals surface area contributed by atoms with Gasteiger partial charge in [-0.15, -0.1) is 0 Å². The van der Waals surface area contributed by atoms with E-state index < -0.39 is 0 Å². The Labute approximate surface area is 216 Å². The summed E-state index contributed by atoms with van der Waals surface area (Å²) >= 11 is 6.55. The number of carbonyl (C=O) groups is 2. The Morgan fingerprint density at radius 3 is 2.50 bits per heavy atom. The Morgan fingerprint density at radius 1 is 1.08 bits per heavy atom. The maximum atomic E-state index is 13.5. The van der Waals surface area contributed by atoms with Crippen LogP contribution in [0.5, 0.6) is 11.5 Å². The van der Waals surface area contributed by atoms with Gasteiger partial charge in [0.1, 0.15) is 11.5 Å². The van der Waals surface area contributed by atoms with Gasteiger partial charge in [0.15, 0.2) is 0 Å². The third-order valence-electron chi connectivity index (χ3n) is 6.72. The van der Waals surface area contributed by atoms with Gasteiger partial charge in [0.2, 0.25) is 0 Å². The number of benzene rings is 2. The molecule has 1 fully saturated rings. The van der Waals surface area contributed by atoms with E-state index in [9.17, 15) is 9.59 Å². The van der Waals surface area contributed by atoms with E-state index in [4.69, 9.17) is 30.9 Å². The van der Waals surface area contributed by atoms with Gasteiger partial charge in [0, 0.05) is 23.1 Å². The van der Waals surface area contributed by atoms with E-state index in [1.54, 1.807) is 25.3 Å².